The third kappa shape index (κ3) is 4.06. The summed E-state index contributed by atoms with van der Waals surface area (Å²) < 4.78 is 0. The van der Waals surface area contributed by atoms with Gasteiger partial charge in [-0.2, -0.15) is 0 Å². The maximum atomic E-state index is 5.85. The minimum Gasteiger partial charge on any atom is -0.313 e. The second-order valence-corrected chi connectivity index (χ2v) is 4.05. The average Bonchev–Trinajstić information content (AvgIpc) is 2.26. The Kier molecular flexibility index (Phi) is 5.44. The van der Waals surface area contributed by atoms with Crippen LogP contribution in [0.5, 0.6) is 0 Å². The fraction of sp³-hybridized carbons (Fsp3) is 0.385. The van der Waals surface area contributed by atoms with Crippen molar-refractivity contribution in [1.29, 1.82) is 0 Å². The summed E-state index contributed by atoms with van der Waals surface area (Å²) in [4.78, 5) is 0. The van der Waals surface area contributed by atoms with Crippen LogP contribution in [0, 0.1) is 0 Å². The molecule has 0 fully saturated rings. The number of hydrogen-bond acceptors (Lipinski definition) is 1. The summed E-state index contributed by atoms with van der Waals surface area (Å²) in [6, 6.07) is 8.46. The van der Waals surface area contributed by atoms with Crippen LogP contribution in [0.25, 0.3) is 0 Å². The van der Waals surface area contributed by atoms with Crippen LogP contribution in [0.3, 0.4) is 0 Å². The quantitative estimate of drug-likeness (QED) is 0.569. The van der Waals surface area contributed by atoms with Crippen molar-refractivity contribution in [3.05, 3.63) is 47.5 Å². The molecule has 15 heavy (non-hydrogen) atoms. The standard InChI is InChI=1S/C13H18ClN/c1-3-4-5-6-13(15-2)11-7-9-12(14)10-8-11/h3,7-10,13,15H,1,4-6H2,2H3. The van der Waals surface area contributed by atoms with Gasteiger partial charge in [-0.3, -0.25) is 0 Å². The molecule has 0 spiro atoms. The molecular formula is C13H18ClN. The van der Waals surface area contributed by atoms with Crippen molar-refractivity contribution in [2.24, 2.45) is 0 Å². The van der Waals surface area contributed by atoms with E-state index >= 15 is 0 Å². The molecule has 0 bridgehead atoms. The molecule has 1 unspecified atom stereocenters. The molecule has 0 heterocycles. The van der Waals surface area contributed by atoms with E-state index in [1.165, 1.54) is 5.56 Å². The fourth-order valence-electron chi connectivity index (χ4n) is 1.64. The van der Waals surface area contributed by atoms with Crippen molar-refractivity contribution in [1.82, 2.24) is 5.32 Å². The third-order valence-corrected chi connectivity index (χ3v) is 2.77. The van der Waals surface area contributed by atoms with Crippen LogP contribution in [0.2, 0.25) is 5.02 Å². The smallest absolute Gasteiger partial charge is 0.0406 e. The van der Waals surface area contributed by atoms with Crippen molar-refractivity contribution < 1.29 is 0 Å². The summed E-state index contributed by atoms with van der Waals surface area (Å²) in [5.41, 5.74) is 1.30. The molecule has 1 aromatic rings. The molecule has 1 aromatic carbocycles. The summed E-state index contributed by atoms with van der Waals surface area (Å²) in [6.07, 6.45) is 5.34. The van der Waals surface area contributed by atoms with Gasteiger partial charge in [-0.15, -0.1) is 6.58 Å². The lowest BCUT2D eigenvalue weighted by Crippen LogP contribution is -2.16. The lowest BCUT2D eigenvalue weighted by Gasteiger charge is -2.16. The van der Waals surface area contributed by atoms with Crippen molar-refractivity contribution >= 4 is 11.6 Å². The average molecular weight is 224 g/mol. The Hall–Kier alpha value is -0.790. The van der Waals surface area contributed by atoms with E-state index in [1.54, 1.807) is 0 Å². The minimum absolute atomic E-state index is 0.419. The van der Waals surface area contributed by atoms with Crippen LogP contribution < -0.4 is 5.32 Å². The Balaban J connectivity index is 2.57. The molecular weight excluding hydrogens is 206 g/mol. The highest BCUT2D eigenvalue weighted by Gasteiger charge is 2.07. The maximum absolute atomic E-state index is 5.85. The fourth-order valence-corrected chi connectivity index (χ4v) is 1.77. The molecule has 1 atom stereocenters. The van der Waals surface area contributed by atoms with Crippen LogP contribution in [-0.4, -0.2) is 7.05 Å². The molecule has 0 amide bonds. The normalized spacial score (nSPS) is 12.4. The Morgan fingerprint density at radius 2 is 2.07 bits per heavy atom. The number of unbranched alkanes of at least 4 members (excludes halogenated alkanes) is 1. The number of allylic oxidation sites excluding steroid dienone is 1. The summed E-state index contributed by atoms with van der Waals surface area (Å²) in [5, 5.41) is 4.11. The topological polar surface area (TPSA) is 12.0 Å². The van der Waals surface area contributed by atoms with Gasteiger partial charge < -0.3 is 5.32 Å². The zero-order chi connectivity index (χ0) is 11.1. The summed E-state index contributed by atoms with van der Waals surface area (Å²) in [6.45, 7) is 3.73. The van der Waals surface area contributed by atoms with Gasteiger partial charge in [0.15, 0.2) is 0 Å². The number of hydrogen-bond donors (Lipinski definition) is 1. The molecule has 0 aliphatic heterocycles. The molecule has 0 saturated carbocycles. The number of nitrogens with one attached hydrogen (secondary N) is 1. The maximum Gasteiger partial charge on any atom is 0.0406 e. The largest absolute Gasteiger partial charge is 0.313 e. The van der Waals surface area contributed by atoms with Gasteiger partial charge in [-0.05, 0) is 44.0 Å². The number of benzene rings is 1. The van der Waals surface area contributed by atoms with Gasteiger partial charge in [0.05, 0.1) is 0 Å². The zero-order valence-corrected chi connectivity index (χ0v) is 9.93. The van der Waals surface area contributed by atoms with Crippen LogP contribution in [0.4, 0.5) is 0 Å². The van der Waals surface area contributed by atoms with E-state index in [-0.39, 0.29) is 0 Å². The highest BCUT2D eigenvalue weighted by molar-refractivity contribution is 6.30. The summed E-state index contributed by atoms with van der Waals surface area (Å²) >= 11 is 5.85. The van der Waals surface area contributed by atoms with E-state index in [1.807, 2.05) is 25.3 Å². The summed E-state index contributed by atoms with van der Waals surface area (Å²) in [5.74, 6) is 0. The van der Waals surface area contributed by atoms with Crippen molar-refractivity contribution in [2.75, 3.05) is 7.05 Å². The highest BCUT2D eigenvalue weighted by Crippen LogP contribution is 2.20. The van der Waals surface area contributed by atoms with E-state index in [4.69, 9.17) is 11.6 Å². The first-order chi connectivity index (χ1) is 7.27. The van der Waals surface area contributed by atoms with E-state index in [0.717, 1.165) is 24.3 Å². The van der Waals surface area contributed by atoms with E-state index in [9.17, 15) is 0 Å². The van der Waals surface area contributed by atoms with Crippen molar-refractivity contribution in [3.63, 3.8) is 0 Å². The molecule has 0 aliphatic rings. The third-order valence-electron chi connectivity index (χ3n) is 2.52. The lowest BCUT2D eigenvalue weighted by atomic mass is 10.0. The molecule has 82 valence electrons. The second-order valence-electron chi connectivity index (χ2n) is 3.61. The lowest BCUT2D eigenvalue weighted by molar-refractivity contribution is 0.530. The monoisotopic (exact) mass is 223 g/mol. The Bertz CT molecular complexity index is 292. The first kappa shape index (κ1) is 12.3. The van der Waals surface area contributed by atoms with Gasteiger partial charge in [0.2, 0.25) is 0 Å². The van der Waals surface area contributed by atoms with Gasteiger partial charge in [-0.25, -0.2) is 0 Å². The summed E-state index contributed by atoms with van der Waals surface area (Å²) in [7, 11) is 1.99. The van der Waals surface area contributed by atoms with Gasteiger partial charge in [0, 0.05) is 11.1 Å². The predicted molar refractivity (Wildman–Crippen MR) is 67.3 cm³/mol. The van der Waals surface area contributed by atoms with Gasteiger partial charge in [0.25, 0.3) is 0 Å². The van der Waals surface area contributed by atoms with Crippen molar-refractivity contribution in [3.8, 4) is 0 Å². The predicted octanol–water partition coefficient (Wildman–Crippen LogP) is 3.96. The molecule has 0 aromatic heterocycles. The Morgan fingerprint density at radius 1 is 1.40 bits per heavy atom. The first-order valence-corrected chi connectivity index (χ1v) is 5.69. The van der Waals surface area contributed by atoms with E-state index in [0.29, 0.717) is 6.04 Å². The molecule has 2 heteroatoms. The van der Waals surface area contributed by atoms with Crippen molar-refractivity contribution in [2.45, 2.75) is 25.3 Å². The van der Waals surface area contributed by atoms with Crippen LogP contribution in [-0.2, 0) is 0 Å². The molecule has 1 N–H and O–H groups in total. The molecule has 0 aliphatic carbocycles. The molecule has 1 rings (SSSR count). The van der Waals surface area contributed by atoms with Crippen LogP contribution in [0.15, 0.2) is 36.9 Å². The van der Waals surface area contributed by atoms with E-state index < -0.39 is 0 Å². The van der Waals surface area contributed by atoms with Crippen LogP contribution in [0.1, 0.15) is 30.9 Å². The van der Waals surface area contributed by atoms with Gasteiger partial charge in [0.1, 0.15) is 0 Å². The Morgan fingerprint density at radius 3 is 2.60 bits per heavy atom. The number of rotatable bonds is 6. The SMILES string of the molecule is C=CCCCC(NC)c1ccc(Cl)cc1. The van der Waals surface area contributed by atoms with Gasteiger partial charge in [-0.1, -0.05) is 29.8 Å². The first-order valence-electron chi connectivity index (χ1n) is 5.31. The zero-order valence-electron chi connectivity index (χ0n) is 9.17. The molecule has 0 saturated heterocycles. The minimum atomic E-state index is 0.419. The van der Waals surface area contributed by atoms with Crippen LogP contribution >= 0.6 is 11.6 Å². The van der Waals surface area contributed by atoms with E-state index in [2.05, 4.69) is 24.0 Å². The Labute approximate surface area is 97.1 Å². The number of halogens is 1. The molecule has 0 radical (unpaired) electrons. The molecule has 1 nitrogen and oxygen atoms in total. The second kappa shape index (κ2) is 6.65. The van der Waals surface area contributed by atoms with Gasteiger partial charge >= 0.3 is 0 Å². The highest BCUT2D eigenvalue weighted by atomic mass is 35.5.